The van der Waals surface area contributed by atoms with E-state index in [0.717, 1.165) is 18.2 Å². The van der Waals surface area contributed by atoms with Crippen molar-refractivity contribution in [3.63, 3.8) is 0 Å². The van der Waals surface area contributed by atoms with E-state index in [1.165, 1.54) is 0 Å². The number of sulfonamides is 1. The normalized spacial score (nSPS) is 11.1. The van der Waals surface area contributed by atoms with Crippen molar-refractivity contribution in [1.82, 2.24) is 4.72 Å². The molecule has 1 aromatic carbocycles. The first kappa shape index (κ1) is 16.3. The summed E-state index contributed by atoms with van der Waals surface area (Å²) >= 11 is 4.62. The van der Waals surface area contributed by atoms with E-state index >= 15 is 0 Å². The number of hydrogen-bond acceptors (Lipinski definition) is 5. The molecule has 0 unspecified atom stereocenters. The molecule has 1 aromatic rings. The van der Waals surface area contributed by atoms with Crippen molar-refractivity contribution >= 4 is 33.3 Å². The van der Waals surface area contributed by atoms with Crippen LogP contribution in [0.4, 0.5) is 9.18 Å². The summed E-state index contributed by atoms with van der Waals surface area (Å²) < 4.78 is 43.6. The van der Waals surface area contributed by atoms with E-state index in [1.54, 1.807) is 0 Å². The van der Waals surface area contributed by atoms with Crippen LogP contribution in [0, 0.1) is 5.82 Å². The average molecular weight is 321 g/mol. The Morgan fingerprint density at radius 1 is 1.40 bits per heavy atom. The van der Waals surface area contributed by atoms with Crippen LogP contribution >= 0.6 is 12.2 Å². The molecular formula is C10H12FN3O4S2. The van der Waals surface area contributed by atoms with Gasteiger partial charge < -0.3 is 16.2 Å². The quantitative estimate of drug-likeness (QED) is 0.494. The minimum Gasteiger partial charge on any atom is -0.448 e. The van der Waals surface area contributed by atoms with Gasteiger partial charge in [0.05, 0.1) is 4.90 Å². The smallest absolute Gasteiger partial charge is 0.404 e. The molecule has 0 fully saturated rings. The van der Waals surface area contributed by atoms with E-state index in [-0.39, 0.29) is 28.6 Å². The zero-order valence-electron chi connectivity index (χ0n) is 10.1. The molecule has 0 bridgehead atoms. The lowest BCUT2D eigenvalue weighted by atomic mass is 10.2. The zero-order chi connectivity index (χ0) is 15.3. The minimum atomic E-state index is -3.89. The number of hydrogen-bond donors (Lipinski definition) is 3. The van der Waals surface area contributed by atoms with Gasteiger partial charge in [0.15, 0.2) is 0 Å². The largest absolute Gasteiger partial charge is 0.448 e. The second-order valence-corrected chi connectivity index (χ2v) is 5.78. The molecule has 0 aliphatic carbocycles. The molecule has 20 heavy (non-hydrogen) atoms. The average Bonchev–Trinajstić information content (AvgIpc) is 2.34. The van der Waals surface area contributed by atoms with Gasteiger partial charge in [0.25, 0.3) is 0 Å². The van der Waals surface area contributed by atoms with Gasteiger partial charge in [0, 0.05) is 12.1 Å². The van der Waals surface area contributed by atoms with Crippen molar-refractivity contribution in [1.29, 1.82) is 0 Å². The lowest BCUT2D eigenvalue weighted by molar-refractivity contribution is 0.159. The first-order valence-corrected chi connectivity index (χ1v) is 7.14. The Hall–Kier alpha value is -1.78. The molecule has 0 radical (unpaired) electrons. The fourth-order valence-corrected chi connectivity index (χ4v) is 2.47. The molecule has 0 heterocycles. The van der Waals surface area contributed by atoms with Crippen LogP contribution in [0.5, 0.6) is 0 Å². The van der Waals surface area contributed by atoms with Crippen molar-refractivity contribution in [2.24, 2.45) is 11.5 Å². The molecule has 1 rings (SSSR count). The highest BCUT2D eigenvalue weighted by molar-refractivity contribution is 7.89. The van der Waals surface area contributed by atoms with Crippen LogP contribution in [-0.4, -0.2) is 32.7 Å². The Labute approximate surface area is 120 Å². The monoisotopic (exact) mass is 321 g/mol. The lowest BCUT2D eigenvalue weighted by Crippen LogP contribution is -2.29. The lowest BCUT2D eigenvalue weighted by Gasteiger charge is -2.08. The van der Waals surface area contributed by atoms with Crippen molar-refractivity contribution in [2.75, 3.05) is 13.2 Å². The van der Waals surface area contributed by atoms with Gasteiger partial charge in [-0.3, -0.25) is 0 Å². The Bertz CT molecular complexity index is 633. The Morgan fingerprint density at radius 2 is 2.05 bits per heavy atom. The molecule has 7 nitrogen and oxygen atoms in total. The summed E-state index contributed by atoms with van der Waals surface area (Å²) in [5.41, 5.74) is 9.83. The predicted molar refractivity (Wildman–Crippen MR) is 73.0 cm³/mol. The molecule has 110 valence electrons. The third-order valence-electron chi connectivity index (χ3n) is 2.15. The SMILES string of the molecule is NC(=O)OCCNS(=O)(=O)c1ccc(F)c(C(N)=S)c1. The maximum atomic E-state index is 13.3. The van der Waals surface area contributed by atoms with Gasteiger partial charge in [-0.2, -0.15) is 0 Å². The van der Waals surface area contributed by atoms with Gasteiger partial charge in [-0.15, -0.1) is 0 Å². The van der Waals surface area contributed by atoms with Crippen molar-refractivity contribution < 1.29 is 22.3 Å². The van der Waals surface area contributed by atoms with Gasteiger partial charge in [0.1, 0.15) is 17.4 Å². The predicted octanol–water partition coefficient (Wildman–Crippen LogP) is -0.166. The number of thiocarbonyl (C=S) groups is 1. The van der Waals surface area contributed by atoms with Crippen molar-refractivity contribution in [3.8, 4) is 0 Å². The summed E-state index contributed by atoms with van der Waals surface area (Å²) in [7, 11) is -3.89. The molecule has 0 spiro atoms. The van der Waals surface area contributed by atoms with Crippen LogP contribution < -0.4 is 16.2 Å². The Kier molecular flexibility index (Phi) is 5.36. The minimum absolute atomic E-state index is 0.170. The number of carbonyl (C=O) groups excluding carboxylic acids is 1. The zero-order valence-corrected chi connectivity index (χ0v) is 11.8. The number of primary amides is 1. The second-order valence-electron chi connectivity index (χ2n) is 3.57. The molecule has 0 saturated carbocycles. The highest BCUT2D eigenvalue weighted by atomic mass is 32.2. The first-order valence-electron chi connectivity index (χ1n) is 5.25. The summed E-state index contributed by atoms with van der Waals surface area (Å²) in [6.07, 6.45) is -1.01. The topological polar surface area (TPSA) is 125 Å². The summed E-state index contributed by atoms with van der Waals surface area (Å²) in [4.78, 5) is 9.84. The fourth-order valence-electron chi connectivity index (χ4n) is 1.27. The highest BCUT2D eigenvalue weighted by Crippen LogP contribution is 2.15. The summed E-state index contributed by atoms with van der Waals surface area (Å²) in [5.74, 6) is -0.714. The molecule has 0 aromatic heterocycles. The van der Waals surface area contributed by atoms with Crippen molar-refractivity contribution in [2.45, 2.75) is 4.90 Å². The van der Waals surface area contributed by atoms with E-state index in [0.29, 0.717) is 0 Å². The van der Waals surface area contributed by atoms with E-state index in [2.05, 4.69) is 21.7 Å². The van der Waals surface area contributed by atoms with Crippen LogP contribution in [0.25, 0.3) is 0 Å². The number of halogens is 1. The number of carbonyl (C=O) groups is 1. The number of nitrogens with two attached hydrogens (primary N) is 2. The maximum absolute atomic E-state index is 13.3. The number of benzene rings is 1. The fraction of sp³-hybridized carbons (Fsp3) is 0.200. The van der Waals surface area contributed by atoms with E-state index < -0.39 is 21.9 Å². The number of rotatable bonds is 6. The second kappa shape index (κ2) is 6.59. The third-order valence-corrected chi connectivity index (χ3v) is 3.83. The van der Waals surface area contributed by atoms with Gasteiger partial charge in [-0.1, -0.05) is 12.2 Å². The number of ether oxygens (including phenoxy) is 1. The van der Waals surface area contributed by atoms with Crippen LogP contribution in [0.3, 0.4) is 0 Å². The molecule has 1 amide bonds. The van der Waals surface area contributed by atoms with Crippen LogP contribution in [0.15, 0.2) is 23.1 Å². The van der Waals surface area contributed by atoms with E-state index in [4.69, 9.17) is 11.5 Å². The summed E-state index contributed by atoms with van der Waals surface area (Å²) in [6.45, 7) is -0.400. The Morgan fingerprint density at radius 3 is 2.60 bits per heavy atom. The van der Waals surface area contributed by atoms with Gasteiger partial charge in [-0.25, -0.2) is 22.3 Å². The maximum Gasteiger partial charge on any atom is 0.404 e. The van der Waals surface area contributed by atoms with Crippen LogP contribution in [0.1, 0.15) is 5.56 Å². The molecule has 0 aliphatic rings. The van der Waals surface area contributed by atoms with Crippen LogP contribution in [0.2, 0.25) is 0 Å². The standard InChI is InChI=1S/C10H12FN3O4S2/c11-8-2-1-6(5-7(8)9(12)19)20(16,17)14-3-4-18-10(13)15/h1-2,5,14H,3-4H2,(H2,12,19)(H2,13,15). The number of amides is 1. The third kappa shape index (κ3) is 4.40. The van der Waals surface area contributed by atoms with Gasteiger partial charge in [0.2, 0.25) is 10.0 Å². The summed E-state index contributed by atoms with van der Waals surface area (Å²) in [5, 5.41) is 0. The van der Waals surface area contributed by atoms with Gasteiger partial charge in [-0.05, 0) is 18.2 Å². The van der Waals surface area contributed by atoms with Crippen LogP contribution in [-0.2, 0) is 14.8 Å². The molecule has 10 heteroatoms. The summed E-state index contributed by atoms with van der Waals surface area (Å²) in [6, 6.07) is 3.03. The van der Waals surface area contributed by atoms with Crippen molar-refractivity contribution in [3.05, 3.63) is 29.6 Å². The molecule has 0 atom stereocenters. The molecular weight excluding hydrogens is 309 g/mol. The molecule has 0 saturated heterocycles. The first-order chi connectivity index (χ1) is 9.24. The highest BCUT2D eigenvalue weighted by Gasteiger charge is 2.16. The molecule has 0 aliphatic heterocycles. The van der Waals surface area contributed by atoms with E-state index in [9.17, 15) is 17.6 Å². The molecule has 5 N–H and O–H groups in total. The van der Waals surface area contributed by atoms with Gasteiger partial charge >= 0.3 is 6.09 Å². The van der Waals surface area contributed by atoms with E-state index in [1.807, 2.05) is 0 Å². The Balaban J connectivity index is 2.85. The number of nitrogens with one attached hydrogen (secondary N) is 1.